The van der Waals surface area contributed by atoms with Crippen LogP contribution in [0.15, 0.2) is 96.8 Å². The summed E-state index contributed by atoms with van der Waals surface area (Å²) in [5.74, 6) is -0.686. The van der Waals surface area contributed by atoms with Crippen molar-refractivity contribution in [3.63, 3.8) is 0 Å². The molecule has 0 bridgehead atoms. The summed E-state index contributed by atoms with van der Waals surface area (Å²) in [4.78, 5) is 8.66. The zero-order chi connectivity index (χ0) is 35.8. The van der Waals surface area contributed by atoms with Crippen LogP contribution in [0.1, 0.15) is 11.1 Å². The number of phenols is 1. The molecule has 48 heavy (non-hydrogen) atoms. The summed E-state index contributed by atoms with van der Waals surface area (Å²) in [6.45, 7) is 1.94. The quantitative estimate of drug-likeness (QED) is 0.0388. The number of rotatable bonds is 7. The Hall–Kier alpha value is -5.25. The zero-order valence-electron chi connectivity index (χ0n) is 24.5. The first-order valence-corrected chi connectivity index (χ1v) is 17.4. The van der Waals surface area contributed by atoms with Gasteiger partial charge in [-0.15, -0.1) is 5.11 Å². The molecule has 0 radical (unpaired) electrons. The number of azo groups is 1. The lowest BCUT2D eigenvalue weighted by Gasteiger charge is -2.11. The largest absolute Gasteiger partial charge is 0.505 e. The molecule has 0 aromatic heterocycles. The number of fused-ring (bicyclic) bond motifs is 2. The summed E-state index contributed by atoms with van der Waals surface area (Å²) in [6, 6.07) is 15.4. The summed E-state index contributed by atoms with van der Waals surface area (Å²) in [7, 11) is -13.7. The number of nitrogens with two attached hydrogens (primary N) is 3. The number of anilines is 3. The van der Waals surface area contributed by atoms with E-state index in [1.54, 1.807) is 24.3 Å². The zero-order valence-corrected chi connectivity index (χ0v) is 27.0. The van der Waals surface area contributed by atoms with Gasteiger partial charge in [-0.3, -0.25) is 13.7 Å². The van der Waals surface area contributed by atoms with Gasteiger partial charge in [0.25, 0.3) is 30.4 Å². The molecule has 17 nitrogen and oxygen atoms in total. The monoisotopic (exact) mass is 718 g/mol. The second kappa shape index (κ2) is 13.1. The number of phenolic OH excluding ortho intramolecular Hbond substituents is 1. The van der Waals surface area contributed by atoms with Gasteiger partial charge in [0.2, 0.25) is 0 Å². The summed E-state index contributed by atoms with van der Waals surface area (Å²) >= 11 is 0. The third-order valence-corrected chi connectivity index (χ3v) is 9.52. The first-order valence-electron chi connectivity index (χ1n) is 13.1. The average Bonchev–Trinajstić information content (AvgIpc) is 2.98. The molecule has 0 atom stereocenters. The maximum absolute atomic E-state index is 11.3. The van der Waals surface area contributed by atoms with Crippen molar-refractivity contribution in [2.45, 2.75) is 28.2 Å². The summed E-state index contributed by atoms with van der Waals surface area (Å²) in [5.41, 5.74) is 18.9. The minimum atomic E-state index is -4.73. The van der Waals surface area contributed by atoms with E-state index in [9.17, 15) is 39.8 Å². The number of nitroso groups, excluding NO2 is 1. The number of hydrogen-bond donors (Lipinski definition) is 7. The van der Waals surface area contributed by atoms with Crippen LogP contribution in [-0.4, -0.2) is 44.0 Å². The first-order chi connectivity index (χ1) is 22.2. The number of hydrogen-bond acceptors (Lipinski definition) is 14. The maximum atomic E-state index is 11.3. The van der Waals surface area contributed by atoms with Crippen molar-refractivity contribution in [2.24, 2.45) is 15.4 Å². The van der Waals surface area contributed by atoms with E-state index in [1.165, 1.54) is 18.2 Å². The number of aryl methyl sites for hydroxylation is 1. The van der Waals surface area contributed by atoms with E-state index in [-0.39, 0.29) is 27.9 Å². The Labute approximate surface area is 272 Å². The second-order valence-corrected chi connectivity index (χ2v) is 14.4. The fourth-order valence-electron chi connectivity index (χ4n) is 4.55. The van der Waals surface area contributed by atoms with Crippen molar-refractivity contribution in [3.05, 3.63) is 82.8 Å². The van der Waals surface area contributed by atoms with Gasteiger partial charge in [-0.2, -0.15) is 35.3 Å². The van der Waals surface area contributed by atoms with E-state index in [1.807, 2.05) is 13.0 Å². The normalized spacial score (nSPS) is 12.2. The molecular weight excluding hydrogens is 693 g/mol. The van der Waals surface area contributed by atoms with Crippen LogP contribution < -0.4 is 17.2 Å². The number of nitrogens with zero attached hydrogens (tertiary/aromatic N) is 3. The minimum absolute atomic E-state index is 0.0372. The molecule has 5 rings (SSSR count). The lowest BCUT2D eigenvalue weighted by Crippen LogP contribution is -2.06. The average molecular weight is 719 g/mol. The Morgan fingerprint density at radius 3 is 1.83 bits per heavy atom. The number of benzene rings is 5. The molecule has 0 fully saturated rings. The Bertz CT molecular complexity index is 2480. The van der Waals surface area contributed by atoms with Crippen LogP contribution in [0.2, 0.25) is 0 Å². The number of nitrogen functional groups attached to an aromatic ring is 3. The molecule has 5 aromatic carbocycles. The first kappa shape index (κ1) is 35.6. The third-order valence-electron chi connectivity index (χ3n) is 6.87. The van der Waals surface area contributed by atoms with Crippen molar-refractivity contribution < 1.29 is 44.0 Å². The summed E-state index contributed by atoms with van der Waals surface area (Å²) in [6.07, 6.45) is 0. The molecule has 10 N–H and O–H groups in total. The van der Waals surface area contributed by atoms with E-state index in [2.05, 4.69) is 15.4 Å². The fourth-order valence-corrected chi connectivity index (χ4v) is 6.34. The highest BCUT2D eigenvalue weighted by Crippen LogP contribution is 2.39. The van der Waals surface area contributed by atoms with Crippen molar-refractivity contribution in [2.75, 3.05) is 17.2 Å². The van der Waals surface area contributed by atoms with E-state index in [4.69, 9.17) is 26.3 Å². The molecule has 0 heterocycles. The smallest absolute Gasteiger partial charge is 0.296 e. The van der Waals surface area contributed by atoms with Crippen molar-refractivity contribution in [1.82, 2.24) is 0 Å². The lowest BCUT2D eigenvalue weighted by atomic mass is 10.1. The molecule has 0 aliphatic rings. The molecule has 0 saturated carbocycles. The highest BCUT2D eigenvalue weighted by atomic mass is 32.2. The standard InChI is InChI=1S/C18H16N4O4S.C10H10N2O7S2/c1-11-8-12(10-20-23)2-6-17(11)21-22-18-7-5-16(19)15-9-13(27(24,25)26)3-4-14(15)18;11-6-3-5-4(1-7(6)20(14,15)16)2-8(21(17,18)19)9(12)10(5)13/h2-9H,10,19H2,1H3,(H,24,25,26);1-3,13H,11-12H2,(H,14,15,16)(H,17,18,19). The molecule has 0 amide bonds. The molecule has 0 unspecified atom stereocenters. The van der Waals surface area contributed by atoms with Gasteiger partial charge >= 0.3 is 0 Å². The molecule has 20 heteroatoms. The summed E-state index contributed by atoms with van der Waals surface area (Å²) < 4.78 is 94.6. The van der Waals surface area contributed by atoms with Crippen LogP contribution in [0.5, 0.6) is 5.75 Å². The van der Waals surface area contributed by atoms with Crippen LogP contribution in [0.25, 0.3) is 21.5 Å². The van der Waals surface area contributed by atoms with Crippen LogP contribution in [0.4, 0.5) is 28.4 Å². The second-order valence-electron chi connectivity index (χ2n) is 10.2. The fraction of sp³-hybridized carbons (Fsp3) is 0.0714. The Morgan fingerprint density at radius 2 is 1.25 bits per heavy atom. The number of aromatic hydroxyl groups is 1. The van der Waals surface area contributed by atoms with Gasteiger partial charge in [0.15, 0.2) is 0 Å². The van der Waals surface area contributed by atoms with Gasteiger partial charge in [-0.25, -0.2) is 0 Å². The SMILES string of the molecule is Cc1cc(CN=O)ccc1N=Nc1ccc(N)c2cc(S(=O)(=O)O)ccc12.Nc1cc2c(O)c(N)c(S(=O)(=O)O)cc2cc1S(=O)(=O)O. The van der Waals surface area contributed by atoms with Crippen LogP contribution in [0, 0.1) is 11.8 Å². The molecule has 0 spiro atoms. The molecule has 0 saturated heterocycles. The van der Waals surface area contributed by atoms with Gasteiger partial charge < -0.3 is 22.3 Å². The van der Waals surface area contributed by atoms with Crippen LogP contribution >= 0.6 is 0 Å². The Kier molecular flexibility index (Phi) is 9.72. The molecule has 0 aliphatic carbocycles. The molecule has 252 valence electrons. The lowest BCUT2D eigenvalue weighted by molar-refractivity contribution is 0.473. The Balaban J connectivity index is 0.000000224. The van der Waals surface area contributed by atoms with E-state index < -0.39 is 51.6 Å². The van der Waals surface area contributed by atoms with E-state index in [0.29, 0.717) is 27.8 Å². The third kappa shape index (κ3) is 7.65. The van der Waals surface area contributed by atoms with E-state index in [0.717, 1.165) is 29.3 Å². The topological polar surface area (TPSA) is 316 Å². The maximum Gasteiger partial charge on any atom is 0.296 e. The van der Waals surface area contributed by atoms with Crippen molar-refractivity contribution >= 4 is 80.3 Å². The predicted molar refractivity (Wildman–Crippen MR) is 177 cm³/mol. The highest BCUT2D eigenvalue weighted by Gasteiger charge is 2.22. The summed E-state index contributed by atoms with van der Waals surface area (Å²) in [5, 5.41) is 22.1. The predicted octanol–water partition coefficient (Wildman–Crippen LogP) is 4.86. The molecule has 0 aliphatic heterocycles. The molecule has 5 aromatic rings. The van der Waals surface area contributed by atoms with Gasteiger partial charge in [-0.1, -0.05) is 23.4 Å². The molecular formula is C28H26N6O11S3. The highest BCUT2D eigenvalue weighted by molar-refractivity contribution is 7.86. The van der Waals surface area contributed by atoms with Gasteiger partial charge in [0, 0.05) is 21.8 Å². The van der Waals surface area contributed by atoms with Crippen molar-refractivity contribution in [3.8, 4) is 5.75 Å². The van der Waals surface area contributed by atoms with Gasteiger partial charge in [0.1, 0.15) is 22.1 Å². The van der Waals surface area contributed by atoms with Gasteiger partial charge in [-0.05, 0) is 72.0 Å². The van der Waals surface area contributed by atoms with E-state index >= 15 is 0 Å². The van der Waals surface area contributed by atoms with Crippen LogP contribution in [-0.2, 0) is 36.9 Å². The van der Waals surface area contributed by atoms with Gasteiger partial charge in [0.05, 0.1) is 27.6 Å². The van der Waals surface area contributed by atoms with Crippen molar-refractivity contribution in [1.29, 1.82) is 0 Å². The minimum Gasteiger partial charge on any atom is -0.505 e. The Morgan fingerprint density at radius 1 is 0.646 bits per heavy atom. The van der Waals surface area contributed by atoms with Crippen LogP contribution in [0.3, 0.4) is 0 Å².